The predicted molar refractivity (Wildman–Crippen MR) is 68.0 cm³/mol. The molecule has 0 spiro atoms. The highest BCUT2D eigenvalue weighted by Gasteiger charge is 2.19. The fourth-order valence-corrected chi connectivity index (χ4v) is 2.40. The van der Waals surface area contributed by atoms with Gasteiger partial charge in [0.25, 0.3) is 5.78 Å². The highest BCUT2D eigenvalue weighted by atomic mass is 35.5. The van der Waals surface area contributed by atoms with Gasteiger partial charge in [-0.25, -0.2) is 0 Å². The maximum atomic E-state index is 5.99. The average molecular weight is 268 g/mol. The van der Waals surface area contributed by atoms with Crippen LogP contribution in [0.4, 0.5) is 5.82 Å². The van der Waals surface area contributed by atoms with Crippen LogP contribution >= 0.6 is 11.6 Å². The first kappa shape index (κ1) is 11.7. The Balaban J connectivity index is 1.89. The van der Waals surface area contributed by atoms with Gasteiger partial charge in [0.15, 0.2) is 0 Å². The summed E-state index contributed by atoms with van der Waals surface area (Å²) >= 11 is 5.99. The van der Waals surface area contributed by atoms with Crippen molar-refractivity contribution >= 4 is 23.2 Å². The molecular weight excluding hydrogens is 254 g/mol. The van der Waals surface area contributed by atoms with Gasteiger partial charge in [0, 0.05) is 26.3 Å². The standard InChI is InChI=1S/C11H14ClN5O/c1-16(6-8-3-2-4-18-8)10-5-9(12)15-11-13-7-14-17(10)11/h5,7-8H,2-4,6H2,1H3. The topological polar surface area (TPSA) is 55.5 Å². The summed E-state index contributed by atoms with van der Waals surface area (Å²) in [6, 6.07) is 1.79. The van der Waals surface area contributed by atoms with Crippen molar-refractivity contribution in [3.8, 4) is 0 Å². The SMILES string of the molecule is CN(CC1CCCO1)c1cc(Cl)nc2ncnn12. The molecule has 0 amide bonds. The highest BCUT2D eigenvalue weighted by molar-refractivity contribution is 6.29. The Morgan fingerprint density at radius 1 is 1.61 bits per heavy atom. The van der Waals surface area contributed by atoms with Crippen molar-refractivity contribution in [2.75, 3.05) is 25.1 Å². The van der Waals surface area contributed by atoms with Crippen molar-refractivity contribution in [3.05, 3.63) is 17.5 Å². The molecule has 0 N–H and O–H groups in total. The van der Waals surface area contributed by atoms with Crippen LogP contribution in [0.2, 0.25) is 5.15 Å². The number of rotatable bonds is 3. The lowest BCUT2D eigenvalue weighted by molar-refractivity contribution is 0.116. The van der Waals surface area contributed by atoms with E-state index >= 15 is 0 Å². The van der Waals surface area contributed by atoms with Crippen LogP contribution in [-0.4, -0.2) is 45.9 Å². The predicted octanol–water partition coefficient (Wildman–Crippen LogP) is 1.39. The average Bonchev–Trinajstić information content (AvgIpc) is 2.97. The van der Waals surface area contributed by atoms with Crippen LogP contribution in [0.1, 0.15) is 12.8 Å². The van der Waals surface area contributed by atoms with E-state index in [4.69, 9.17) is 16.3 Å². The summed E-state index contributed by atoms with van der Waals surface area (Å²) in [5.41, 5.74) is 0. The highest BCUT2D eigenvalue weighted by Crippen LogP contribution is 2.20. The Morgan fingerprint density at radius 3 is 3.28 bits per heavy atom. The van der Waals surface area contributed by atoms with Crippen molar-refractivity contribution in [2.24, 2.45) is 0 Å². The Bertz CT molecular complexity index is 551. The van der Waals surface area contributed by atoms with E-state index in [0.29, 0.717) is 10.9 Å². The summed E-state index contributed by atoms with van der Waals surface area (Å²) in [5.74, 6) is 1.38. The third-order valence-electron chi connectivity index (χ3n) is 3.09. The van der Waals surface area contributed by atoms with E-state index in [0.717, 1.165) is 31.8 Å². The fraction of sp³-hybridized carbons (Fsp3) is 0.545. The van der Waals surface area contributed by atoms with Gasteiger partial charge in [-0.05, 0) is 12.8 Å². The van der Waals surface area contributed by atoms with Crippen molar-refractivity contribution in [1.82, 2.24) is 19.6 Å². The summed E-state index contributed by atoms with van der Waals surface area (Å²) in [7, 11) is 1.99. The van der Waals surface area contributed by atoms with Crippen LogP contribution in [0.3, 0.4) is 0 Å². The molecule has 0 radical (unpaired) electrons. The molecule has 1 saturated heterocycles. The van der Waals surface area contributed by atoms with Gasteiger partial charge in [0.05, 0.1) is 6.10 Å². The van der Waals surface area contributed by atoms with Crippen molar-refractivity contribution in [1.29, 1.82) is 0 Å². The number of fused-ring (bicyclic) bond motifs is 1. The second-order valence-corrected chi connectivity index (χ2v) is 4.81. The van der Waals surface area contributed by atoms with Crippen LogP contribution in [0.5, 0.6) is 0 Å². The van der Waals surface area contributed by atoms with Crippen LogP contribution in [0, 0.1) is 0 Å². The molecule has 18 heavy (non-hydrogen) atoms. The van der Waals surface area contributed by atoms with E-state index in [1.807, 2.05) is 7.05 Å². The molecule has 1 fully saturated rings. The minimum Gasteiger partial charge on any atom is -0.376 e. The normalized spacial score (nSPS) is 19.6. The summed E-state index contributed by atoms with van der Waals surface area (Å²) in [6.45, 7) is 1.67. The zero-order valence-electron chi connectivity index (χ0n) is 10.1. The van der Waals surface area contributed by atoms with Crippen molar-refractivity contribution in [2.45, 2.75) is 18.9 Å². The first-order valence-electron chi connectivity index (χ1n) is 5.93. The molecule has 6 nitrogen and oxygen atoms in total. The molecule has 1 aliphatic rings. The fourth-order valence-electron chi connectivity index (χ4n) is 2.23. The van der Waals surface area contributed by atoms with Crippen LogP contribution in [0.25, 0.3) is 5.78 Å². The number of hydrogen-bond acceptors (Lipinski definition) is 5. The van der Waals surface area contributed by atoms with E-state index < -0.39 is 0 Å². The minimum absolute atomic E-state index is 0.278. The Hall–Kier alpha value is -1.40. The van der Waals surface area contributed by atoms with Gasteiger partial charge in [0.2, 0.25) is 0 Å². The molecule has 96 valence electrons. The molecular formula is C11H14ClN5O. The zero-order chi connectivity index (χ0) is 12.5. The molecule has 0 saturated carbocycles. The van der Waals surface area contributed by atoms with Gasteiger partial charge in [-0.15, -0.1) is 0 Å². The first-order valence-corrected chi connectivity index (χ1v) is 6.31. The molecule has 3 heterocycles. The molecule has 1 aliphatic heterocycles. The van der Waals surface area contributed by atoms with Gasteiger partial charge < -0.3 is 9.64 Å². The molecule has 2 aromatic heterocycles. The molecule has 1 unspecified atom stereocenters. The lowest BCUT2D eigenvalue weighted by Gasteiger charge is -2.22. The second-order valence-electron chi connectivity index (χ2n) is 4.42. The zero-order valence-corrected chi connectivity index (χ0v) is 10.8. The van der Waals surface area contributed by atoms with Gasteiger partial charge in [-0.1, -0.05) is 11.6 Å². The number of nitrogens with zero attached hydrogens (tertiary/aromatic N) is 5. The summed E-state index contributed by atoms with van der Waals surface area (Å²) in [6.07, 6.45) is 3.99. The molecule has 1 atom stereocenters. The van der Waals surface area contributed by atoms with Crippen LogP contribution < -0.4 is 4.90 Å². The number of likely N-dealkylation sites (N-methyl/N-ethyl adjacent to an activating group) is 1. The number of halogens is 1. The maximum absolute atomic E-state index is 5.99. The monoisotopic (exact) mass is 267 g/mol. The maximum Gasteiger partial charge on any atom is 0.255 e. The number of hydrogen-bond donors (Lipinski definition) is 0. The molecule has 7 heteroatoms. The van der Waals surface area contributed by atoms with E-state index in [1.54, 1.807) is 10.6 Å². The van der Waals surface area contributed by atoms with E-state index in [1.165, 1.54) is 6.33 Å². The summed E-state index contributed by atoms with van der Waals surface area (Å²) < 4.78 is 7.31. The van der Waals surface area contributed by atoms with Crippen LogP contribution in [0.15, 0.2) is 12.4 Å². The number of ether oxygens (including phenoxy) is 1. The molecule has 0 aliphatic carbocycles. The summed E-state index contributed by atoms with van der Waals surface area (Å²) in [4.78, 5) is 10.2. The van der Waals surface area contributed by atoms with Crippen molar-refractivity contribution < 1.29 is 4.74 Å². The van der Waals surface area contributed by atoms with Crippen LogP contribution in [-0.2, 0) is 4.74 Å². The lowest BCUT2D eigenvalue weighted by Crippen LogP contribution is -2.30. The minimum atomic E-state index is 0.278. The van der Waals surface area contributed by atoms with Gasteiger partial charge in [-0.3, -0.25) is 0 Å². The molecule has 2 aromatic rings. The third-order valence-corrected chi connectivity index (χ3v) is 3.29. The van der Waals surface area contributed by atoms with Gasteiger partial charge >= 0.3 is 0 Å². The largest absolute Gasteiger partial charge is 0.376 e. The first-order chi connectivity index (χ1) is 8.74. The Labute approximate surface area is 110 Å². The third kappa shape index (κ3) is 2.13. The summed E-state index contributed by atoms with van der Waals surface area (Å²) in [5, 5.41) is 4.58. The second kappa shape index (κ2) is 4.70. The van der Waals surface area contributed by atoms with E-state index in [2.05, 4.69) is 20.0 Å². The smallest absolute Gasteiger partial charge is 0.255 e. The molecule has 0 bridgehead atoms. The number of aromatic nitrogens is 4. The number of anilines is 1. The molecule has 0 aromatic carbocycles. The quantitative estimate of drug-likeness (QED) is 0.787. The van der Waals surface area contributed by atoms with Gasteiger partial charge in [-0.2, -0.15) is 19.6 Å². The van der Waals surface area contributed by atoms with Gasteiger partial charge in [0.1, 0.15) is 17.3 Å². The lowest BCUT2D eigenvalue weighted by atomic mass is 10.2. The van der Waals surface area contributed by atoms with Crippen molar-refractivity contribution in [3.63, 3.8) is 0 Å². The Morgan fingerprint density at radius 2 is 2.50 bits per heavy atom. The Kier molecular flexibility index (Phi) is 3.05. The van der Waals surface area contributed by atoms with E-state index in [-0.39, 0.29) is 6.10 Å². The van der Waals surface area contributed by atoms with E-state index in [9.17, 15) is 0 Å². The molecule has 3 rings (SSSR count).